The van der Waals surface area contributed by atoms with Crippen molar-refractivity contribution in [2.75, 3.05) is 6.54 Å². The lowest BCUT2D eigenvalue weighted by Crippen LogP contribution is -2.28. The average molecular weight is 265 g/mol. The molecule has 0 aliphatic heterocycles. The summed E-state index contributed by atoms with van der Waals surface area (Å²) in [6.07, 6.45) is -0.665. The third-order valence-corrected chi connectivity index (χ3v) is 3.59. The summed E-state index contributed by atoms with van der Waals surface area (Å²) >= 11 is 1.47. The second kappa shape index (κ2) is 5.37. The minimum Gasteiger partial charge on any atom is -0.466 e. The predicted octanol–water partition coefficient (Wildman–Crippen LogP) is 2.42. The smallest absolute Gasteiger partial charge is 0.254 e. The maximum absolute atomic E-state index is 11.9. The number of aryl methyl sites for hydroxylation is 2. The number of rotatable bonds is 4. The maximum Gasteiger partial charge on any atom is 0.254 e. The fourth-order valence-electron chi connectivity index (χ4n) is 1.72. The number of hydrogen-bond acceptors (Lipinski definition) is 4. The summed E-state index contributed by atoms with van der Waals surface area (Å²) in [6, 6.07) is 5.41. The minimum atomic E-state index is -0.665. The Morgan fingerprint density at radius 2 is 2.33 bits per heavy atom. The van der Waals surface area contributed by atoms with Crippen LogP contribution >= 0.6 is 11.3 Å². The Hall–Kier alpha value is -1.59. The molecule has 5 heteroatoms. The molecule has 0 aliphatic rings. The van der Waals surface area contributed by atoms with Crippen molar-refractivity contribution < 1.29 is 14.3 Å². The van der Waals surface area contributed by atoms with E-state index in [4.69, 9.17) is 4.42 Å². The number of furan rings is 1. The Labute approximate surface area is 109 Å². The monoisotopic (exact) mass is 265 g/mol. The van der Waals surface area contributed by atoms with Crippen LogP contribution in [0.5, 0.6) is 0 Å². The van der Waals surface area contributed by atoms with Gasteiger partial charge in [-0.2, -0.15) is 0 Å². The van der Waals surface area contributed by atoms with Gasteiger partial charge in [0.15, 0.2) is 0 Å². The zero-order chi connectivity index (χ0) is 13.1. The van der Waals surface area contributed by atoms with Gasteiger partial charge in [-0.05, 0) is 31.4 Å². The predicted molar refractivity (Wildman–Crippen MR) is 69.8 cm³/mol. The van der Waals surface area contributed by atoms with Crippen LogP contribution in [0, 0.1) is 13.8 Å². The molecular formula is C13H15NO3S. The number of thiophene rings is 1. The molecule has 2 heterocycles. The Morgan fingerprint density at radius 1 is 1.56 bits per heavy atom. The highest BCUT2D eigenvalue weighted by Crippen LogP contribution is 2.18. The SMILES string of the molecule is Cc1cc(C(=O)NCC(O)c2cccs2)c(C)o1. The zero-order valence-corrected chi connectivity index (χ0v) is 11.1. The molecule has 2 N–H and O–H groups in total. The third-order valence-electron chi connectivity index (χ3n) is 2.61. The van der Waals surface area contributed by atoms with Crippen LogP contribution < -0.4 is 5.32 Å². The van der Waals surface area contributed by atoms with E-state index in [2.05, 4.69) is 5.32 Å². The van der Waals surface area contributed by atoms with Crippen LogP contribution in [0.1, 0.15) is 32.9 Å². The van der Waals surface area contributed by atoms with Crippen LogP contribution in [0.4, 0.5) is 0 Å². The summed E-state index contributed by atoms with van der Waals surface area (Å²) in [5, 5.41) is 14.4. The van der Waals surface area contributed by atoms with Gasteiger partial charge in [0.2, 0.25) is 0 Å². The van der Waals surface area contributed by atoms with Crippen molar-refractivity contribution in [3.05, 3.63) is 45.5 Å². The summed E-state index contributed by atoms with van der Waals surface area (Å²) in [7, 11) is 0. The Kier molecular flexibility index (Phi) is 3.84. The van der Waals surface area contributed by atoms with E-state index < -0.39 is 6.10 Å². The molecule has 0 bridgehead atoms. The molecule has 2 aromatic rings. The molecule has 0 saturated carbocycles. The van der Waals surface area contributed by atoms with E-state index in [1.165, 1.54) is 11.3 Å². The molecule has 0 spiro atoms. The second-order valence-electron chi connectivity index (χ2n) is 4.07. The summed E-state index contributed by atoms with van der Waals surface area (Å²) in [5.41, 5.74) is 0.519. The van der Waals surface area contributed by atoms with E-state index in [1.54, 1.807) is 19.9 Å². The fraction of sp³-hybridized carbons (Fsp3) is 0.308. The van der Waals surface area contributed by atoms with Gasteiger partial charge in [0, 0.05) is 11.4 Å². The first-order valence-corrected chi connectivity index (χ1v) is 6.52. The molecule has 1 unspecified atom stereocenters. The van der Waals surface area contributed by atoms with Gasteiger partial charge in [-0.1, -0.05) is 6.07 Å². The standard InChI is InChI=1S/C13H15NO3S/c1-8-6-10(9(2)17-8)13(16)14-7-11(15)12-4-3-5-18-12/h3-6,11,15H,7H2,1-2H3,(H,14,16). The lowest BCUT2D eigenvalue weighted by molar-refractivity contribution is 0.0916. The van der Waals surface area contributed by atoms with E-state index in [-0.39, 0.29) is 12.5 Å². The van der Waals surface area contributed by atoms with Crippen LogP contribution in [0.15, 0.2) is 28.0 Å². The van der Waals surface area contributed by atoms with Crippen LogP contribution in [0.2, 0.25) is 0 Å². The number of aliphatic hydroxyl groups excluding tert-OH is 1. The van der Waals surface area contributed by atoms with Gasteiger partial charge in [0.05, 0.1) is 5.56 Å². The minimum absolute atomic E-state index is 0.197. The summed E-state index contributed by atoms with van der Waals surface area (Å²) < 4.78 is 5.29. The first kappa shape index (κ1) is 12.9. The van der Waals surface area contributed by atoms with Gasteiger partial charge in [-0.3, -0.25) is 4.79 Å². The number of aliphatic hydroxyl groups is 1. The van der Waals surface area contributed by atoms with E-state index in [9.17, 15) is 9.90 Å². The van der Waals surface area contributed by atoms with Crippen molar-refractivity contribution >= 4 is 17.2 Å². The summed E-state index contributed by atoms with van der Waals surface area (Å²) in [4.78, 5) is 12.7. The van der Waals surface area contributed by atoms with Crippen LogP contribution in [-0.2, 0) is 0 Å². The van der Waals surface area contributed by atoms with Gasteiger partial charge in [0.25, 0.3) is 5.91 Å². The lowest BCUT2D eigenvalue weighted by Gasteiger charge is -2.09. The van der Waals surface area contributed by atoms with Crippen molar-refractivity contribution in [2.24, 2.45) is 0 Å². The lowest BCUT2D eigenvalue weighted by atomic mass is 10.2. The summed E-state index contributed by atoms with van der Waals surface area (Å²) in [5.74, 6) is 1.08. The molecule has 0 fully saturated rings. The van der Waals surface area contributed by atoms with E-state index >= 15 is 0 Å². The van der Waals surface area contributed by atoms with Crippen molar-refractivity contribution in [1.82, 2.24) is 5.32 Å². The number of carbonyl (C=O) groups excluding carboxylic acids is 1. The van der Waals surface area contributed by atoms with E-state index in [0.29, 0.717) is 17.1 Å². The highest BCUT2D eigenvalue weighted by molar-refractivity contribution is 7.10. The summed E-state index contributed by atoms with van der Waals surface area (Å²) in [6.45, 7) is 3.74. The molecule has 0 radical (unpaired) electrons. The van der Waals surface area contributed by atoms with Gasteiger partial charge in [-0.25, -0.2) is 0 Å². The Morgan fingerprint density at radius 3 is 2.89 bits per heavy atom. The molecule has 2 aromatic heterocycles. The van der Waals surface area contributed by atoms with Crippen molar-refractivity contribution in [3.63, 3.8) is 0 Å². The number of carbonyl (C=O) groups is 1. The maximum atomic E-state index is 11.9. The van der Waals surface area contributed by atoms with Crippen LogP contribution in [0.25, 0.3) is 0 Å². The van der Waals surface area contributed by atoms with Crippen molar-refractivity contribution in [1.29, 1.82) is 0 Å². The Balaban J connectivity index is 1.94. The molecule has 18 heavy (non-hydrogen) atoms. The average Bonchev–Trinajstić information content (AvgIpc) is 2.95. The van der Waals surface area contributed by atoms with E-state index in [1.807, 2.05) is 17.5 Å². The quantitative estimate of drug-likeness (QED) is 0.892. The normalized spacial score (nSPS) is 12.4. The Bertz CT molecular complexity index is 530. The van der Waals surface area contributed by atoms with E-state index in [0.717, 1.165) is 4.88 Å². The number of amides is 1. The van der Waals surface area contributed by atoms with Crippen molar-refractivity contribution in [3.8, 4) is 0 Å². The molecule has 0 aromatic carbocycles. The highest BCUT2D eigenvalue weighted by Gasteiger charge is 2.15. The van der Waals surface area contributed by atoms with Crippen LogP contribution in [-0.4, -0.2) is 17.6 Å². The van der Waals surface area contributed by atoms with Gasteiger partial charge in [-0.15, -0.1) is 11.3 Å². The molecule has 2 rings (SSSR count). The van der Waals surface area contributed by atoms with Gasteiger partial charge in [0.1, 0.15) is 17.6 Å². The first-order chi connectivity index (χ1) is 8.58. The second-order valence-corrected chi connectivity index (χ2v) is 5.05. The molecule has 4 nitrogen and oxygen atoms in total. The molecule has 0 aliphatic carbocycles. The highest BCUT2D eigenvalue weighted by atomic mass is 32.1. The largest absolute Gasteiger partial charge is 0.466 e. The first-order valence-electron chi connectivity index (χ1n) is 5.64. The molecule has 96 valence electrons. The number of hydrogen-bond donors (Lipinski definition) is 2. The van der Waals surface area contributed by atoms with Gasteiger partial charge >= 0.3 is 0 Å². The zero-order valence-electron chi connectivity index (χ0n) is 10.3. The third kappa shape index (κ3) is 2.80. The fourth-order valence-corrected chi connectivity index (χ4v) is 2.43. The molecule has 1 amide bonds. The van der Waals surface area contributed by atoms with Gasteiger partial charge < -0.3 is 14.8 Å². The molecule has 1 atom stereocenters. The topological polar surface area (TPSA) is 62.5 Å². The number of nitrogens with one attached hydrogen (secondary N) is 1. The van der Waals surface area contributed by atoms with Crippen molar-refractivity contribution in [2.45, 2.75) is 20.0 Å². The molecule has 0 saturated heterocycles. The van der Waals surface area contributed by atoms with Crippen LogP contribution in [0.3, 0.4) is 0 Å². The molecular weight excluding hydrogens is 250 g/mol.